The van der Waals surface area contributed by atoms with E-state index in [-0.39, 0.29) is 0 Å². The lowest BCUT2D eigenvalue weighted by molar-refractivity contribution is 0.375. The van der Waals surface area contributed by atoms with Crippen LogP contribution in [0.25, 0.3) is 0 Å². The standard InChI is InChI=1S/C16H22N4/c1-12-6-8-19-16(15(12)9-17)20(14-4-5-14)11-13-3-2-7-18-10-13/h6,8,13-14,18H,2-5,7,10-11H2,1H3. The first kappa shape index (κ1) is 13.4. The van der Waals surface area contributed by atoms with Crippen LogP contribution in [0.4, 0.5) is 5.82 Å². The van der Waals surface area contributed by atoms with Gasteiger partial charge in [-0.05, 0) is 63.2 Å². The number of anilines is 1. The summed E-state index contributed by atoms with van der Waals surface area (Å²) in [4.78, 5) is 6.91. The molecule has 1 saturated heterocycles. The van der Waals surface area contributed by atoms with Gasteiger partial charge in [-0.1, -0.05) is 0 Å². The monoisotopic (exact) mass is 270 g/mol. The van der Waals surface area contributed by atoms with E-state index >= 15 is 0 Å². The predicted molar refractivity (Wildman–Crippen MR) is 79.7 cm³/mol. The molecule has 1 unspecified atom stereocenters. The van der Waals surface area contributed by atoms with Gasteiger partial charge in [0.25, 0.3) is 0 Å². The van der Waals surface area contributed by atoms with Crippen molar-refractivity contribution in [2.75, 3.05) is 24.5 Å². The molecular formula is C16H22N4. The van der Waals surface area contributed by atoms with Crippen LogP contribution in [0, 0.1) is 24.2 Å². The second kappa shape index (κ2) is 5.80. The van der Waals surface area contributed by atoms with Crippen molar-refractivity contribution in [1.82, 2.24) is 10.3 Å². The van der Waals surface area contributed by atoms with Crippen molar-refractivity contribution in [2.24, 2.45) is 5.92 Å². The van der Waals surface area contributed by atoms with Crippen LogP contribution in [-0.2, 0) is 0 Å². The lowest BCUT2D eigenvalue weighted by Crippen LogP contribution is -2.40. The van der Waals surface area contributed by atoms with Gasteiger partial charge in [0.1, 0.15) is 11.9 Å². The Kier molecular flexibility index (Phi) is 3.88. The third kappa shape index (κ3) is 2.78. The molecule has 2 aliphatic rings. The van der Waals surface area contributed by atoms with Crippen molar-refractivity contribution in [3.63, 3.8) is 0 Å². The summed E-state index contributed by atoms with van der Waals surface area (Å²) in [5.74, 6) is 1.58. The maximum Gasteiger partial charge on any atom is 0.147 e. The first-order valence-electron chi connectivity index (χ1n) is 7.62. The number of rotatable bonds is 4. The minimum absolute atomic E-state index is 0.596. The number of hydrogen-bond donors (Lipinski definition) is 1. The van der Waals surface area contributed by atoms with Crippen molar-refractivity contribution in [3.8, 4) is 6.07 Å². The summed E-state index contributed by atoms with van der Waals surface area (Å²) >= 11 is 0. The van der Waals surface area contributed by atoms with Gasteiger partial charge in [-0.2, -0.15) is 5.26 Å². The van der Waals surface area contributed by atoms with E-state index in [9.17, 15) is 5.26 Å². The van der Waals surface area contributed by atoms with Crippen molar-refractivity contribution < 1.29 is 0 Å². The molecule has 2 heterocycles. The first-order valence-corrected chi connectivity index (χ1v) is 7.62. The van der Waals surface area contributed by atoms with Crippen LogP contribution in [0.15, 0.2) is 12.3 Å². The topological polar surface area (TPSA) is 52.0 Å². The number of aromatic nitrogens is 1. The van der Waals surface area contributed by atoms with Crippen LogP contribution in [0.3, 0.4) is 0 Å². The van der Waals surface area contributed by atoms with Crippen LogP contribution in [0.1, 0.15) is 36.8 Å². The molecule has 0 spiro atoms. The van der Waals surface area contributed by atoms with Gasteiger partial charge in [0.05, 0.1) is 5.56 Å². The molecule has 106 valence electrons. The summed E-state index contributed by atoms with van der Waals surface area (Å²) < 4.78 is 0. The molecule has 0 radical (unpaired) electrons. The largest absolute Gasteiger partial charge is 0.352 e. The fourth-order valence-electron chi connectivity index (χ4n) is 3.05. The Morgan fingerprint density at radius 1 is 1.45 bits per heavy atom. The summed E-state index contributed by atoms with van der Waals surface area (Å²) in [6.07, 6.45) is 6.85. The Balaban J connectivity index is 1.83. The fraction of sp³-hybridized carbons (Fsp3) is 0.625. The number of hydrogen-bond acceptors (Lipinski definition) is 4. The van der Waals surface area contributed by atoms with Gasteiger partial charge >= 0.3 is 0 Å². The highest BCUT2D eigenvalue weighted by atomic mass is 15.2. The molecule has 4 nitrogen and oxygen atoms in total. The lowest BCUT2D eigenvalue weighted by Gasteiger charge is -2.31. The van der Waals surface area contributed by atoms with Crippen LogP contribution in [-0.4, -0.2) is 30.7 Å². The van der Waals surface area contributed by atoms with Crippen LogP contribution in [0.5, 0.6) is 0 Å². The quantitative estimate of drug-likeness (QED) is 0.911. The average molecular weight is 270 g/mol. The smallest absolute Gasteiger partial charge is 0.147 e. The number of pyridine rings is 1. The molecule has 2 fully saturated rings. The maximum atomic E-state index is 9.43. The highest BCUT2D eigenvalue weighted by Gasteiger charge is 2.33. The van der Waals surface area contributed by atoms with E-state index in [1.54, 1.807) is 0 Å². The van der Waals surface area contributed by atoms with E-state index < -0.39 is 0 Å². The lowest BCUT2D eigenvalue weighted by atomic mass is 9.98. The molecule has 1 aliphatic carbocycles. The summed E-state index contributed by atoms with van der Waals surface area (Å²) in [5.41, 5.74) is 1.79. The van der Waals surface area contributed by atoms with Crippen molar-refractivity contribution in [3.05, 3.63) is 23.4 Å². The Bertz CT molecular complexity index is 510. The third-order valence-corrected chi connectivity index (χ3v) is 4.36. The number of piperidine rings is 1. The van der Waals surface area contributed by atoms with Crippen molar-refractivity contribution in [2.45, 2.75) is 38.6 Å². The summed E-state index contributed by atoms with van der Waals surface area (Å²) in [7, 11) is 0. The average Bonchev–Trinajstić information content (AvgIpc) is 3.30. The second-order valence-electron chi connectivity index (χ2n) is 6.03. The number of nitrogens with zero attached hydrogens (tertiary/aromatic N) is 3. The number of nitrogens with one attached hydrogen (secondary N) is 1. The first-order chi connectivity index (χ1) is 9.79. The highest BCUT2D eigenvalue weighted by molar-refractivity contribution is 5.58. The normalized spacial score (nSPS) is 22.3. The molecular weight excluding hydrogens is 248 g/mol. The highest BCUT2D eigenvalue weighted by Crippen LogP contribution is 2.34. The van der Waals surface area contributed by atoms with Gasteiger partial charge < -0.3 is 10.2 Å². The molecule has 1 atom stereocenters. The molecule has 1 aliphatic heterocycles. The fourth-order valence-corrected chi connectivity index (χ4v) is 3.05. The number of aryl methyl sites for hydroxylation is 1. The van der Waals surface area contributed by atoms with Gasteiger partial charge in [0.2, 0.25) is 0 Å². The zero-order chi connectivity index (χ0) is 13.9. The van der Waals surface area contributed by atoms with Crippen molar-refractivity contribution >= 4 is 5.82 Å². The predicted octanol–water partition coefficient (Wildman–Crippen LogP) is 2.23. The van der Waals surface area contributed by atoms with E-state index in [0.29, 0.717) is 12.0 Å². The van der Waals surface area contributed by atoms with E-state index in [2.05, 4.69) is 21.3 Å². The van der Waals surface area contributed by atoms with E-state index in [1.807, 2.05) is 19.2 Å². The van der Waals surface area contributed by atoms with E-state index in [0.717, 1.165) is 36.6 Å². The Hall–Kier alpha value is -1.60. The molecule has 20 heavy (non-hydrogen) atoms. The van der Waals surface area contributed by atoms with Gasteiger partial charge in [0, 0.05) is 18.8 Å². The third-order valence-electron chi connectivity index (χ3n) is 4.36. The summed E-state index contributed by atoms with van der Waals surface area (Å²) in [5, 5.41) is 12.9. The Labute approximate surface area is 120 Å². The van der Waals surface area contributed by atoms with E-state index in [1.165, 1.54) is 25.7 Å². The SMILES string of the molecule is Cc1ccnc(N(CC2CCCNC2)C2CC2)c1C#N. The molecule has 1 saturated carbocycles. The summed E-state index contributed by atoms with van der Waals surface area (Å²) in [6, 6.07) is 4.87. The second-order valence-corrected chi connectivity index (χ2v) is 6.03. The molecule has 4 heteroatoms. The molecule has 0 bridgehead atoms. The maximum absolute atomic E-state index is 9.43. The molecule has 1 N–H and O–H groups in total. The van der Waals surface area contributed by atoms with E-state index in [4.69, 9.17) is 0 Å². The van der Waals surface area contributed by atoms with Gasteiger partial charge in [-0.25, -0.2) is 4.98 Å². The minimum atomic E-state index is 0.596. The molecule has 0 amide bonds. The van der Waals surface area contributed by atoms with Crippen LogP contribution in [0.2, 0.25) is 0 Å². The number of nitriles is 1. The van der Waals surface area contributed by atoms with Crippen LogP contribution < -0.4 is 10.2 Å². The molecule has 3 rings (SSSR count). The zero-order valence-corrected chi connectivity index (χ0v) is 12.1. The minimum Gasteiger partial charge on any atom is -0.352 e. The zero-order valence-electron chi connectivity index (χ0n) is 12.1. The van der Waals surface area contributed by atoms with Gasteiger partial charge in [-0.3, -0.25) is 0 Å². The Morgan fingerprint density at radius 3 is 2.95 bits per heavy atom. The molecule has 0 aromatic carbocycles. The summed E-state index contributed by atoms with van der Waals surface area (Å²) in [6.45, 7) is 5.27. The molecule has 1 aromatic rings. The van der Waals surface area contributed by atoms with Gasteiger partial charge in [0.15, 0.2) is 0 Å². The van der Waals surface area contributed by atoms with Crippen molar-refractivity contribution in [1.29, 1.82) is 5.26 Å². The Morgan fingerprint density at radius 2 is 2.30 bits per heavy atom. The molecule has 1 aromatic heterocycles. The van der Waals surface area contributed by atoms with Gasteiger partial charge in [-0.15, -0.1) is 0 Å². The van der Waals surface area contributed by atoms with Crippen LogP contribution >= 0.6 is 0 Å².